The summed E-state index contributed by atoms with van der Waals surface area (Å²) in [5, 5.41) is 2.39. The third-order valence-corrected chi connectivity index (χ3v) is 2.17. The van der Waals surface area contributed by atoms with E-state index in [0.29, 0.717) is 0 Å². The zero-order valence-corrected chi connectivity index (χ0v) is 8.74. The highest BCUT2D eigenvalue weighted by atomic mass is 15.5. The molecule has 0 N–H and O–H groups in total. The molecule has 0 aliphatic heterocycles. The molecule has 0 aromatic carbocycles. The molecule has 1 rings (SSSR count). The summed E-state index contributed by atoms with van der Waals surface area (Å²) in [6.07, 6.45) is 7.98. The Bertz CT molecular complexity index is 204. The molecule has 0 radical (unpaired) electrons. The molecule has 0 bridgehead atoms. The van der Waals surface area contributed by atoms with Crippen LogP contribution in [0, 0.1) is 0 Å². The Hall–Kier alpha value is -0.920. The van der Waals surface area contributed by atoms with Gasteiger partial charge in [-0.15, -0.1) is 0 Å². The van der Waals surface area contributed by atoms with Crippen molar-refractivity contribution >= 4 is 0 Å². The lowest BCUT2D eigenvalue weighted by atomic mass is 10.3. The Labute approximate surface area is 81.1 Å². The fourth-order valence-electron chi connectivity index (χ4n) is 1.46. The zero-order valence-electron chi connectivity index (χ0n) is 8.74. The summed E-state index contributed by atoms with van der Waals surface area (Å²) in [7, 11) is 0. The average molecular weight is 180 g/mol. The number of hydrogen-bond acceptors (Lipinski definition) is 1. The highest BCUT2D eigenvalue weighted by molar-refractivity contribution is 4.97. The standard InChI is InChI=1S/C11H20N2/c1-3-5-9-12(8-4-2)13-10-6-7-11-13/h6-7,10-11H,3-5,8-9H2,1-2H3. The first-order chi connectivity index (χ1) is 6.38. The predicted octanol–water partition coefficient (Wildman–Crippen LogP) is 2.64. The normalized spacial score (nSPS) is 10.3. The van der Waals surface area contributed by atoms with Crippen LogP contribution in [-0.4, -0.2) is 17.8 Å². The van der Waals surface area contributed by atoms with E-state index < -0.39 is 0 Å². The van der Waals surface area contributed by atoms with Crippen LogP contribution in [0.5, 0.6) is 0 Å². The maximum atomic E-state index is 2.39. The molecule has 0 atom stereocenters. The lowest BCUT2D eigenvalue weighted by Crippen LogP contribution is -2.35. The van der Waals surface area contributed by atoms with Crippen molar-refractivity contribution in [2.24, 2.45) is 0 Å². The van der Waals surface area contributed by atoms with Gasteiger partial charge in [-0.3, -0.25) is 4.68 Å². The molecule has 0 saturated heterocycles. The number of hydrogen-bond donors (Lipinski definition) is 0. The first kappa shape index (κ1) is 10.2. The molecule has 13 heavy (non-hydrogen) atoms. The van der Waals surface area contributed by atoms with Gasteiger partial charge < -0.3 is 5.01 Å². The summed E-state index contributed by atoms with van der Waals surface area (Å²) < 4.78 is 2.19. The van der Waals surface area contributed by atoms with Crippen molar-refractivity contribution in [2.45, 2.75) is 33.1 Å². The summed E-state index contributed by atoms with van der Waals surface area (Å²) in [5.41, 5.74) is 0. The van der Waals surface area contributed by atoms with E-state index in [1.165, 1.54) is 25.8 Å². The van der Waals surface area contributed by atoms with Gasteiger partial charge >= 0.3 is 0 Å². The second-order valence-electron chi connectivity index (χ2n) is 3.37. The Morgan fingerprint density at radius 2 is 1.69 bits per heavy atom. The van der Waals surface area contributed by atoms with E-state index in [4.69, 9.17) is 0 Å². The zero-order chi connectivity index (χ0) is 9.52. The van der Waals surface area contributed by atoms with E-state index >= 15 is 0 Å². The molecule has 1 aromatic rings. The number of unbranched alkanes of at least 4 members (excludes halogenated alkanes) is 1. The third kappa shape index (κ3) is 3.13. The van der Waals surface area contributed by atoms with Gasteiger partial charge in [0.1, 0.15) is 0 Å². The molecule has 0 aliphatic rings. The second kappa shape index (κ2) is 5.68. The first-order valence-corrected chi connectivity index (χ1v) is 5.26. The molecule has 1 heterocycles. The van der Waals surface area contributed by atoms with Gasteiger partial charge in [0.15, 0.2) is 0 Å². The van der Waals surface area contributed by atoms with Gasteiger partial charge in [-0.05, 0) is 25.0 Å². The van der Waals surface area contributed by atoms with Crippen LogP contribution in [0.4, 0.5) is 0 Å². The first-order valence-electron chi connectivity index (χ1n) is 5.26. The van der Waals surface area contributed by atoms with Crippen LogP contribution >= 0.6 is 0 Å². The topological polar surface area (TPSA) is 8.17 Å². The van der Waals surface area contributed by atoms with Crippen LogP contribution in [0.3, 0.4) is 0 Å². The summed E-state index contributed by atoms with van der Waals surface area (Å²) >= 11 is 0. The minimum atomic E-state index is 1.15. The molecule has 0 aliphatic carbocycles. The number of aromatic nitrogens is 1. The van der Waals surface area contributed by atoms with Crippen molar-refractivity contribution in [3.8, 4) is 0 Å². The summed E-state index contributed by atoms with van der Waals surface area (Å²) in [5.74, 6) is 0. The third-order valence-electron chi connectivity index (χ3n) is 2.17. The van der Waals surface area contributed by atoms with Crippen molar-refractivity contribution in [1.82, 2.24) is 4.68 Å². The highest BCUT2D eigenvalue weighted by Crippen LogP contribution is 1.98. The highest BCUT2D eigenvalue weighted by Gasteiger charge is 2.00. The molecular formula is C11H20N2. The summed E-state index contributed by atoms with van der Waals surface area (Å²) in [6, 6.07) is 4.16. The molecule has 0 unspecified atom stereocenters. The van der Waals surface area contributed by atoms with Gasteiger partial charge in [0.05, 0.1) is 0 Å². The van der Waals surface area contributed by atoms with Gasteiger partial charge in [0.2, 0.25) is 0 Å². The molecule has 0 amide bonds. The maximum absolute atomic E-state index is 2.39. The van der Waals surface area contributed by atoms with Crippen LogP contribution in [0.2, 0.25) is 0 Å². The van der Waals surface area contributed by atoms with Gasteiger partial charge in [-0.25, -0.2) is 0 Å². The van der Waals surface area contributed by atoms with Crippen LogP contribution in [0.25, 0.3) is 0 Å². The molecule has 74 valence electrons. The van der Waals surface area contributed by atoms with E-state index in [2.05, 4.69) is 48.1 Å². The Kier molecular flexibility index (Phi) is 4.44. The van der Waals surface area contributed by atoms with E-state index in [-0.39, 0.29) is 0 Å². The molecule has 2 heteroatoms. The van der Waals surface area contributed by atoms with Gasteiger partial charge in [-0.2, -0.15) is 0 Å². The Balaban J connectivity index is 2.47. The molecule has 0 spiro atoms. The van der Waals surface area contributed by atoms with Crippen molar-refractivity contribution in [2.75, 3.05) is 18.1 Å². The number of nitrogens with zero attached hydrogens (tertiary/aromatic N) is 2. The van der Waals surface area contributed by atoms with Crippen molar-refractivity contribution < 1.29 is 0 Å². The van der Waals surface area contributed by atoms with Gasteiger partial charge in [-0.1, -0.05) is 20.3 Å². The van der Waals surface area contributed by atoms with Crippen LogP contribution in [0.1, 0.15) is 33.1 Å². The average Bonchev–Trinajstić information content (AvgIpc) is 2.65. The smallest absolute Gasteiger partial charge is 0.0344 e. The van der Waals surface area contributed by atoms with Crippen LogP contribution in [-0.2, 0) is 0 Å². The van der Waals surface area contributed by atoms with Crippen molar-refractivity contribution in [3.63, 3.8) is 0 Å². The van der Waals surface area contributed by atoms with Crippen molar-refractivity contribution in [1.29, 1.82) is 0 Å². The molecule has 0 saturated carbocycles. The monoisotopic (exact) mass is 180 g/mol. The molecular weight excluding hydrogens is 160 g/mol. The Morgan fingerprint density at radius 3 is 2.23 bits per heavy atom. The molecule has 2 nitrogen and oxygen atoms in total. The summed E-state index contributed by atoms with van der Waals surface area (Å²) in [6.45, 7) is 6.77. The fraction of sp³-hybridized carbons (Fsp3) is 0.636. The van der Waals surface area contributed by atoms with Gasteiger partial charge in [0.25, 0.3) is 0 Å². The lowest BCUT2D eigenvalue weighted by Gasteiger charge is -2.25. The quantitative estimate of drug-likeness (QED) is 0.653. The van der Waals surface area contributed by atoms with Crippen LogP contribution in [0.15, 0.2) is 24.5 Å². The second-order valence-corrected chi connectivity index (χ2v) is 3.37. The van der Waals surface area contributed by atoms with E-state index in [1.54, 1.807) is 0 Å². The van der Waals surface area contributed by atoms with Gasteiger partial charge in [0, 0.05) is 25.5 Å². The number of rotatable bonds is 6. The predicted molar refractivity (Wildman–Crippen MR) is 57.6 cm³/mol. The van der Waals surface area contributed by atoms with Crippen LogP contribution < -0.4 is 5.01 Å². The van der Waals surface area contributed by atoms with E-state index in [9.17, 15) is 0 Å². The lowest BCUT2D eigenvalue weighted by molar-refractivity contribution is 0.557. The minimum absolute atomic E-state index is 1.15. The van der Waals surface area contributed by atoms with E-state index in [0.717, 1.165) is 6.54 Å². The Morgan fingerprint density at radius 1 is 1.00 bits per heavy atom. The minimum Gasteiger partial charge on any atom is -0.313 e. The molecule has 0 fully saturated rings. The molecule has 1 aromatic heterocycles. The summed E-state index contributed by atoms with van der Waals surface area (Å²) in [4.78, 5) is 0. The van der Waals surface area contributed by atoms with Crippen molar-refractivity contribution in [3.05, 3.63) is 24.5 Å². The maximum Gasteiger partial charge on any atom is 0.0344 e. The SMILES string of the molecule is CCCCN(CCC)n1cccc1. The fourth-order valence-corrected chi connectivity index (χ4v) is 1.46. The van der Waals surface area contributed by atoms with E-state index in [1.807, 2.05) is 0 Å². The largest absolute Gasteiger partial charge is 0.313 e.